The van der Waals surface area contributed by atoms with E-state index >= 15 is 0 Å². The lowest BCUT2D eigenvalue weighted by Gasteiger charge is -2.32. The first-order valence-electron chi connectivity index (χ1n) is 7.08. The number of benzene rings is 1. The lowest BCUT2D eigenvalue weighted by atomic mass is 10.0. The molecule has 2 amide bonds. The quantitative estimate of drug-likeness (QED) is 0.837. The number of likely N-dealkylation sites (tertiary alicyclic amines) is 1. The number of primary amides is 1. The summed E-state index contributed by atoms with van der Waals surface area (Å²) in [6, 6.07) is 7.18. The fourth-order valence-electron chi connectivity index (χ4n) is 2.45. The predicted molar refractivity (Wildman–Crippen MR) is 86.4 cm³/mol. The zero-order valence-corrected chi connectivity index (χ0v) is 13.4. The van der Waals surface area contributed by atoms with Crippen molar-refractivity contribution in [3.8, 4) is 5.75 Å². The third kappa shape index (κ3) is 4.89. The third-order valence-corrected chi connectivity index (χ3v) is 3.58. The van der Waals surface area contributed by atoms with Gasteiger partial charge in [-0.15, -0.1) is 12.4 Å². The van der Waals surface area contributed by atoms with Crippen molar-refractivity contribution in [2.75, 3.05) is 26.7 Å². The van der Waals surface area contributed by atoms with Gasteiger partial charge in [-0.25, -0.2) is 0 Å². The van der Waals surface area contributed by atoms with Gasteiger partial charge in [0.05, 0.1) is 0 Å². The van der Waals surface area contributed by atoms with Crippen LogP contribution >= 0.6 is 12.4 Å². The summed E-state index contributed by atoms with van der Waals surface area (Å²) in [5, 5.41) is 3.21. The van der Waals surface area contributed by atoms with E-state index in [1.54, 1.807) is 24.3 Å². The average Bonchev–Trinajstić information content (AvgIpc) is 2.52. The van der Waals surface area contributed by atoms with Gasteiger partial charge < -0.3 is 20.7 Å². The molecule has 2 rings (SSSR count). The minimum atomic E-state index is -0.542. The zero-order chi connectivity index (χ0) is 15.2. The molecular weight excluding hydrogens is 306 g/mol. The summed E-state index contributed by atoms with van der Waals surface area (Å²) in [4.78, 5) is 25.1. The molecule has 1 unspecified atom stereocenters. The van der Waals surface area contributed by atoms with Crippen molar-refractivity contribution in [2.24, 2.45) is 5.73 Å². The number of carbonyl (C=O) groups is 2. The Balaban J connectivity index is 0.00000242. The highest BCUT2D eigenvalue weighted by molar-refractivity contribution is 5.94. The first-order chi connectivity index (χ1) is 10.1. The van der Waals surface area contributed by atoms with Crippen LogP contribution in [0, 0.1) is 0 Å². The molecule has 0 aromatic heterocycles. The second kappa shape index (κ2) is 8.60. The van der Waals surface area contributed by atoms with Crippen molar-refractivity contribution >= 4 is 24.2 Å². The van der Waals surface area contributed by atoms with E-state index in [4.69, 9.17) is 10.5 Å². The number of rotatable bonds is 5. The largest absolute Gasteiger partial charge is 0.484 e. The molecule has 1 aliphatic rings. The maximum absolute atomic E-state index is 12.5. The van der Waals surface area contributed by atoms with Crippen molar-refractivity contribution < 1.29 is 14.3 Å². The van der Waals surface area contributed by atoms with E-state index in [1.165, 1.54) is 0 Å². The molecule has 0 spiro atoms. The molecule has 1 heterocycles. The van der Waals surface area contributed by atoms with Gasteiger partial charge in [-0.1, -0.05) is 6.07 Å². The molecule has 0 radical (unpaired) electrons. The molecule has 22 heavy (non-hydrogen) atoms. The molecule has 1 atom stereocenters. The summed E-state index contributed by atoms with van der Waals surface area (Å²) in [5.41, 5.74) is 5.60. The van der Waals surface area contributed by atoms with Crippen LogP contribution in [0.3, 0.4) is 0 Å². The Morgan fingerprint density at radius 3 is 2.91 bits per heavy atom. The summed E-state index contributed by atoms with van der Waals surface area (Å²) in [6.45, 7) is 1.29. The van der Waals surface area contributed by atoms with Crippen LogP contribution in [0.1, 0.15) is 23.2 Å². The Morgan fingerprint density at radius 2 is 2.23 bits per heavy atom. The molecule has 0 saturated carbocycles. The molecule has 7 heteroatoms. The minimum absolute atomic E-state index is 0. The fraction of sp³-hybridized carbons (Fsp3) is 0.467. The molecular formula is C15H22ClN3O3. The van der Waals surface area contributed by atoms with E-state index in [9.17, 15) is 9.59 Å². The van der Waals surface area contributed by atoms with E-state index in [2.05, 4.69) is 5.32 Å². The summed E-state index contributed by atoms with van der Waals surface area (Å²) < 4.78 is 5.23. The van der Waals surface area contributed by atoms with Crippen LogP contribution < -0.4 is 15.8 Å². The maximum Gasteiger partial charge on any atom is 0.255 e. The zero-order valence-electron chi connectivity index (χ0n) is 12.6. The Kier molecular flexibility index (Phi) is 7.14. The van der Waals surface area contributed by atoms with Crippen molar-refractivity contribution in [1.82, 2.24) is 10.2 Å². The Hall–Kier alpha value is -1.79. The van der Waals surface area contributed by atoms with Gasteiger partial charge in [0.1, 0.15) is 5.75 Å². The first kappa shape index (κ1) is 18.3. The first-order valence-corrected chi connectivity index (χ1v) is 7.08. The standard InChI is InChI=1S/C15H21N3O3.ClH/c1-17-12-5-3-7-18(9-12)15(20)11-4-2-6-13(8-11)21-10-14(16)19;/h2,4,6,8,12,17H,3,5,7,9-10H2,1H3,(H2,16,19);1H. The number of carbonyl (C=O) groups excluding carboxylic acids is 2. The normalized spacial score (nSPS) is 17.5. The number of piperidine rings is 1. The summed E-state index contributed by atoms with van der Waals surface area (Å²) in [7, 11) is 1.91. The minimum Gasteiger partial charge on any atom is -0.484 e. The number of ether oxygens (including phenoxy) is 1. The number of hydrogen-bond donors (Lipinski definition) is 2. The van der Waals surface area contributed by atoms with Crippen LogP contribution in [-0.2, 0) is 4.79 Å². The van der Waals surface area contributed by atoms with Gasteiger partial charge in [0.25, 0.3) is 11.8 Å². The Morgan fingerprint density at radius 1 is 1.45 bits per heavy atom. The van der Waals surface area contributed by atoms with Crippen molar-refractivity contribution in [1.29, 1.82) is 0 Å². The number of nitrogens with zero attached hydrogens (tertiary/aromatic N) is 1. The van der Waals surface area contributed by atoms with Crippen molar-refractivity contribution in [3.05, 3.63) is 29.8 Å². The van der Waals surface area contributed by atoms with E-state index < -0.39 is 5.91 Å². The maximum atomic E-state index is 12.5. The van der Waals surface area contributed by atoms with Crippen LogP contribution in [0.2, 0.25) is 0 Å². The molecule has 0 bridgehead atoms. The smallest absolute Gasteiger partial charge is 0.255 e. The topological polar surface area (TPSA) is 84.7 Å². The number of hydrogen-bond acceptors (Lipinski definition) is 4. The fourth-order valence-corrected chi connectivity index (χ4v) is 2.45. The summed E-state index contributed by atoms with van der Waals surface area (Å²) in [5.74, 6) is -0.0825. The van der Waals surface area contributed by atoms with Gasteiger partial charge in [-0.2, -0.15) is 0 Å². The molecule has 1 aromatic carbocycles. The molecule has 6 nitrogen and oxygen atoms in total. The highest BCUT2D eigenvalue weighted by atomic mass is 35.5. The van der Waals surface area contributed by atoms with Crippen molar-refractivity contribution in [2.45, 2.75) is 18.9 Å². The van der Waals surface area contributed by atoms with Gasteiger partial charge >= 0.3 is 0 Å². The average molecular weight is 328 g/mol. The number of nitrogens with one attached hydrogen (secondary N) is 1. The van der Waals surface area contributed by atoms with Gasteiger partial charge in [-0.05, 0) is 38.1 Å². The molecule has 1 aliphatic heterocycles. The molecule has 0 aliphatic carbocycles. The predicted octanol–water partition coefficient (Wildman–Crippen LogP) is 0.796. The van der Waals surface area contributed by atoms with Gasteiger partial charge in [0.15, 0.2) is 6.61 Å². The molecule has 1 aromatic rings. The van der Waals surface area contributed by atoms with Crippen LogP contribution in [0.25, 0.3) is 0 Å². The SMILES string of the molecule is CNC1CCCN(C(=O)c2cccc(OCC(N)=O)c2)C1.Cl. The van der Waals surface area contributed by atoms with Crippen LogP contribution in [0.15, 0.2) is 24.3 Å². The molecule has 1 saturated heterocycles. The third-order valence-electron chi connectivity index (χ3n) is 3.58. The Bertz CT molecular complexity index is 525. The van der Waals surface area contributed by atoms with E-state index in [0.29, 0.717) is 23.9 Å². The van der Waals surface area contributed by atoms with E-state index in [0.717, 1.165) is 19.4 Å². The van der Waals surface area contributed by atoms with Gasteiger partial charge in [0, 0.05) is 24.7 Å². The second-order valence-electron chi connectivity index (χ2n) is 5.16. The van der Waals surface area contributed by atoms with Crippen LogP contribution in [0.5, 0.6) is 5.75 Å². The Labute approximate surface area is 136 Å². The van der Waals surface area contributed by atoms with Gasteiger partial charge in [-0.3, -0.25) is 9.59 Å². The van der Waals surface area contributed by atoms with Crippen molar-refractivity contribution in [3.63, 3.8) is 0 Å². The van der Waals surface area contributed by atoms with E-state index in [-0.39, 0.29) is 24.9 Å². The van der Waals surface area contributed by atoms with Crippen LogP contribution in [-0.4, -0.2) is 49.5 Å². The van der Waals surface area contributed by atoms with E-state index in [1.807, 2.05) is 11.9 Å². The molecule has 122 valence electrons. The lowest BCUT2D eigenvalue weighted by Crippen LogP contribution is -2.46. The molecule has 3 N–H and O–H groups in total. The highest BCUT2D eigenvalue weighted by Gasteiger charge is 2.23. The highest BCUT2D eigenvalue weighted by Crippen LogP contribution is 2.18. The number of halogens is 1. The number of likely N-dealkylation sites (N-methyl/N-ethyl adjacent to an activating group) is 1. The monoisotopic (exact) mass is 327 g/mol. The van der Waals surface area contributed by atoms with Gasteiger partial charge in [0.2, 0.25) is 0 Å². The molecule has 1 fully saturated rings. The number of nitrogens with two attached hydrogens (primary N) is 1. The second-order valence-corrected chi connectivity index (χ2v) is 5.16. The van der Waals surface area contributed by atoms with Crippen LogP contribution in [0.4, 0.5) is 0 Å². The summed E-state index contributed by atoms with van der Waals surface area (Å²) in [6.07, 6.45) is 2.08. The number of amides is 2. The summed E-state index contributed by atoms with van der Waals surface area (Å²) >= 11 is 0. The lowest BCUT2D eigenvalue weighted by molar-refractivity contribution is -0.119.